The molecule has 0 saturated heterocycles. The van der Waals surface area contributed by atoms with Crippen molar-refractivity contribution in [3.05, 3.63) is 89.0 Å². The van der Waals surface area contributed by atoms with Crippen molar-refractivity contribution in [1.82, 2.24) is 0 Å². The lowest BCUT2D eigenvalue weighted by molar-refractivity contribution is -0.00717. The maximum Gasteiger partial charge on any atom is 0.338 e. The van der Waals surface area contributed by atoms with E-state index >= 15 is 0 Å². The third-order valence-electron chi connectivity index (χ3n) is 8.90. The second-order valence-electron chi connectivity index (χ2n) is 11.5. The lowest BCUT2D eigenvalue weighted by Gasteiger charge is -2.57. The zero-order valence-corrected chi connectivity index (χ0v) is 22.2. The largest absolute Gasteiger partial charge is 0.507 e. The van der Waals surface area contributed by atoms with Crippen LogP contribution in [0, 0.1) is 17.8 Å². The Labute approximate surface area is 228 Å². The first-order chi connectivity index (χ1) is 18.9. The summed E-state index contributed by atoms with van der Waals surface area (Å²) in [4.78, 5) is 25.6. The molecule has 0 heterocycles. The Morgan fingerprint density at radius 2 is 1.51 bits per heavy atom. The van der Waals surface area contributed by atoms with Gasteiger partial charge in [-0.25, -0.2) is 4.79 Å². The van der Waals surface area contributed by atoms with Crippen LogP contribution in [0.5, 0.6) is 17.2 Å². The Kier molecular flexibility index (Phi) is 6.79. The molecular weight excluding hydrogens is 492 g/mol. The highest BCUT2D eigenvalue weighted by molar-refractivity contribution is 6.00. The summed E-state index contributed by atoms with van der Waals surface area (Å²) < 4.78 is 16.8. The highest BCUT2D eigenvalue weighted by Crippen LogP contribution is 2.63. The van der Waals surface area contributed by atoms with Gasteiger partial charge in [-0.15, -0.1) is 0 Å². The molecule has 0 aromatic heterocycles. The van der Waals surface area contributed by atoms with E-state index in [0.29, 0.717) is 34.8 Å². The first kappa shape index (κ1) is 25.5. The van der Waals surface area contributed by atoms with Crippen molar-refractivity contribution in [2.45, 2.75) is 50.5 Å². The molecule has 39 heavy (non-hydrogen) atoms. The molecule has 0 amide bonds. The Bertz CT molecular complexity index is 1330. The number of ketones is 1. The number of ether oxygens (including phenoxy) is 3. The molecule has 6 nitrogen and oxygen atoms in total. The zero-order chi connectivity index (χ0) is 27.0. The number of hydrogen-bond donors (Lipinski definition) is 1. The van der Waals surface area contributed by atoms with Gasteiger partial charge in [-0.3, -0.25) is 4.79 Å². The number of benzene rings is 3. The average Bonchev–Trinajstić information content (AvgIpc) is 2.94. The summed E-state index contributed by atoms with van der Waals surface area (Å²) in [6.45, 7) is -0.0268. The lowest BCUT2D eigenvalue weighted by Crippen LogP contribution is -2.48. The van der Waals surface area contributed by atoms with Crippen LogP contribution in [0.2, 0.25) is 0 Å². The van der Waals surface area contributed by atoms with Gasteiger partial charge in [0.2, 0.25) is 5.78 Å². The van der Waals surface area contributed by atoms with Crippen molar-refractivity contribution in [3.63, 3.8) is 0 Å². The highest BCUT2D eigenvalue weighted by atomic mass is 16.5. The molecule has 6 heteroatoms. The number of phenols is 1. The fourth-order valence-electron chi connectivity index (χ4n) is 7.62. The Morgan fingerprint density at radius 1 is 0.872 bits per heavy atom. The number of methoxy groups -OCH3 is 1. The van der Waals surface area contributed by atoms with Crippen LogP contribution in [0.15, 0.2) is 66.7 Å². The van der Waals surface area contributed by atoms with Crippen LogP contribution in [0.25, 0.3) is 0 Å². The smallest absolute Gasteiger partial charge is 0.338 e. The summed E-state index contributed by atoms with van der Waals surface area (Å²) in [5.41, 5.74) is 2.28. The number of phenolic OH excluding ortho intramolecular Hbond substituents is 1. The number of carbonyl (C=O) groups excluding carboxylic acids is 2. The second kappa shape index (κ2) is 10.4. The van der Waals surface area contributed by atoms with E-state index in [-0.39, 0.29) is 35.7 Å². The van der Waals surface area contributed by atoms with E-state index in [1.165, 1.54) is 19.3 Å². The second-order valence-corrected chi connectivity index (χ2v) is 11.5. The summed E-state index contributed by atoms with van der Waals surface area (Å²) in [5.74, 6) is 2.53. The number of rotatable bonds is 9. The van der Waals surface area contributed by atoms with Crippen molar-refractivity contribution in [2.24, 2.45) is 17.8 Å². The number of Topliss-reactive ketones (excluding diaryl/α,β-unsaturated/α-hetero) is 1. The first-order valence-corrected chi connectivity index (χ1v) is 13.8. The van der Waals surface area contributed by atoms with Crippen LogP contribution < -0.4 is 9.47 Å². The number of esters is 1. The Hall–Kier alpha value is -3.80. The fourth-order valence-corrected chi connectivity index (χ4v) is 7.62. The van der Waals surface area contributed by atoms with E-state index in [2.05, 4.69) is 0 Å². The van der Waals surface area contributed by atoms with Gasteiger partial charge < -0.3 is 19.3 Å². The van der Waals surface area contributed by atoms with Gasteiger partial charge in [-0.1, -0.05) is 30.3 Å². The van der Waals surface area contributed by atoms with E-state index in [1.807, 2.05) is 36.4 Å². The minimum absolute atomic E-state index is 0.0430. The molecule has 0 spiro atoms. The fraction of sp³-hybridized carbons (Fsp3) is 0.394. The predicted molar refractivity (Wildman–Crippen MR) is 146 cm³/mol. The quantitative estimate of drug-likeness (QED) is 0.254. The van der Waals surface area contributed by atoms with Crippen LogP contribution in [-0.2, 0) is 16.8 Å². The van der Waals surface area contributed by atoms with Crippen LogP contribution in [0.3, 0.4) is 0 Å². The minimum atomic E-state index is -0.429. The summed E-state index contributed by atoms with van der Waals surface area (Å²) in [7, 11) is 1.63. The molecule has 4 bridgehead atoms. The van der Waals surface area contributed by atoms with Gasteiger partial charge in [0.25, 0.3) is 0 Å². The van der Waals surface area contributed by atoms with Crippen LogP contribution in [-0.4, -0.2) is 30.6 Å². The monoisotopic (exact) mass is 526 g/mol. The van der Waals surface area contributed by atoms with Gasteiger partial charge in [0.1, 0.15) is 23.9 Å². The van der Waals surface area contributed by atoms with Crippen molar-refractivity contribution in [2.75, 3.05) is 13.7 Å². The van der Waals surface area contributed by atoms with Crippen LogP contribution in [0.4, 0.5) is 0 Å². The first-order valence-electron chi connectivity index (χ1n) is 13.8. The minimum Gasteiger partial charge on any atom is -0.507 e. The number of carbonyl (C=O) groups is 2. The third kappa shape index (κ3) is 5.00. The molecule has 0 unspecified atom stereocenters. The van der Waals surface area contributed by atoms with Crippen LogP contribution >= 0.6 is 0 Å². The van der Waals surface area contributed by atoms with Gasteiger partial charge in [0.15, 0.2) is 6.61 Å². The van der Waals surface area contributed by atoms with E-state index < -0.39 is 5.97 Å². The number of hydrogen-bond acceptors (Lipinski definition) is 6. The SMILES string of the molecule is COc1ccc(C(=O)COc2ccc(C(=O)OCc3ccccc3)cc2)c(O)c1C12CC3CC(CC(C3)C1)C2. The molecule has 7 rings (SSSR count). The summed E-state index contributed by atoms with van der Waals surface area (Å²) in [6, 6.07) is 19.5. The molecule has 4 saturated carbocycles. The molecule has 0 radical (unpaired) electrons. The number of aromatic hydroxyl groups is 1. The standard InChI is InChI=1S/C33H34O6/c1-37-29-12-11-27(31(35)30(29)33-16-22-13-23(17-33)15-24(14-22)18-33)28(34)20-38-26-9-7-25(8-10-26)32(36)39-19-21-5-3-2-4-6-21/h2-12,22-24,35H,13-20H2,1H3. The van der Waals surface area contributed by atoms with Gasteiger partial charge >= 0.3 is 5.97 Å². The molecule has 0 aliphatic heterocycles. The van der Waals surface area contributed by atoms with Crippen molar-refractivity contribution in [1.29, 1.82) is 0 Å². The maximum atomic E-state index is 13.2. The van der Waals surface area contributed by atoms with Crippen LogP contribution in [0.1, 0.15) is 70.4 Å². The molecule has 0 atom stereocenters. The summed E-state index contributed by atoms with van der Waals surface area (Å²) >= 11 is 0. The molecule has 1 N–H and O–H groups in total. The highest BCUT2D eigenvalue weighted by Gasteiger charge is 2.53. The van der Waals surface area contributed by atoms with Crippen molar-refractivity contribution in [3.8, 4) is 17.2 Å². The van der Waals surface area contributed by atoms with Gasteiger partial charge in [-0.2, -0.15) is 0 Å². The topological polar surface area (TPSA) is 82.1 Å². The Morgan fingerprint density at radius 3 is 2.13 bits per heavy atom. The molecule has 4 aliphatic rings. The molecule has 202 valence electrons. The maximum absolute atomic E-state index is 13.2. The molecule has 4 aliphatic carbocycles. The van der Waals surface area contributed by atoms with Gasteiger partial charge in [-0.05, 0) is 98.2 Å². The summed E-state index contributed by atoms with van der Waals surface area (Å²) in [5, 5.41) is 11.5. The Balaban J connectivity index is 1.13. The lowest BCUT2D eigenvalue weighted by atomic mass is 9.47. The molecule has 4 fully saturated rings. The van der Waals surface area contributed by atoms with Crippen molar-refractivity contribution < 1.29 is 28.9 Å². The van der Waals surface area contributed by atoms with E-state index in [9.17, 15) is 14.7 Å². The predicted octanol–water partition coefficient (Wildman–Crippen LogP) is 6.49. The molecule has 3 aromatic carbocycles. The van der Waals surface area contributed by atoms with E-state index in [4.69, 9.17) is 14.2 Å². The van der Waals surface area contributed by atoms with Crippen molar-refractivity contribution >= 4 is 11.8 Å². The van der Waals surface area contributed by atoms with Gasteiger partial charge in [0.05, 0.1) is 18.2 Å². The van der Waals surface area contributed by atoms with E-state index in [1.54, 1.807) is 37.4 Å². The summed E-state index contributed by atoms with van der Waals surface area (Å²) in [6.07, 6.45) is 7.03. The third-order valence-corrected chi connectivity index (χ3v) is 8.90. The van der Waals surface area contributed by atoms with E-state index in [0.717, 1.165) is 30.4 Å². The zero-order valence-electron chi connectivity index (χ0n) is 22.2. The molecular formula is C33H34O6. The normalized spacial score (nSPS) is 24.8. The van der Waals surface area contributed by atoms with Gasteiger partial charge in [0, 0.05) is 11.0 Å². The molecule has 3 aromatic rings. The average molecular weight is 527 g/mol.